The number of ether oxygens (including phenoxy) is 6. The van der Waals surface area contributed by atoms with Gasteiger partial charge in [-0.15, -0.1) is 0 Å². The van der Waals surface area contributed by atoms with Crippen molar-refractivity contribution in [1.82, 2.24) is 5.32 Å². The number of hydrogen-bond donors (Lipinski definition) is 1. The van der Waals surface area contributed by atoms with Crippen LogP contribution < -0.4 is 5.32 Å². The van der Waals surface area contributed by atoms with Crippen LogP contribution in [-0.4, -0.2) is 79.7 Å². The van der Waals surface area contributed by atoms with Gasteiger partial charge in [0.05, 0.1) is 29.2 Å². The van der Waals surface area contributed by atoms with Crippen LogP contribution in [0.5, 0.6) is 0 Å². The molecule has 12 heteroatoms. The highest BCUT2D eigenvalue weighted by atomic mass is 16.9. The van der Waals surface area contributed by atoms with Crippen LogP contribution in [0, 0.1) is 0 Å². The Hall–Kier alpha value is -5.07. The molecule has 2 fully saturated rings. The van der Waals surface area contributed by atoms with Crippen molar-refractivity contribution in [2.24, 2.45) is 0 Å². The van der Waals surface area contributed by atoms with Crippen molar-refractivity contribution in [3.05, 3.63) is 108 Å². The zero-order valence-corrected chi connectivity index (χ0v) is 24.5. The van der Waals surface area contributed by atoms with Gasteiger partial charge in [-0.25, -0.2) is 19.2 Å². The minimum absolute atomic E-state index is 0.0689. The molecule has 2 saturated heterocycles. The maximum Gasteiger partial charge on any atom is 0.367 e. The minimum Gasteiger partial charge on any atom is -0.458 e. The Bertz CT molecular complexity index is 1530. The lowest BCUT2D eigenvalue weighted by Gasteiger charge is -2.43. The zero-order chi connectivity index (χ0) is 32.0. The molecule has 45 heavy (non-hydrogen) atoms. The number of carbonyl (C=O) groups excluding carboxylic acids is 5. The SMILES string of the molecule is CO[13C@]12C[C@H](O[13C]1=O)[C@@H](NC(C)=O)[C@H]([C@H](OC(=O)c1ccccc1)[C@@H](COC(=O)c1ccccc1)OC(=O)c1ccccc1)O2. The second kappa shape index (κ2) is 13.7. The lowest BCUT2D eigenvalue weighted by molar-refractivity contribution is -0.269. The number of nitrogens with one attached hydrogen (secondary N) is 1. The summed E-state index contributed by atoms with van der Waals surface area (Å²) >= 11 is 0. The van der Waals surface area contributed by atoms with Gasteiger partial charge in [-0.1, -0.05) is 54.6 Å². The third-order valence-corrected chi connectivity index (χ3v) is 7.42. The average molecular weight is 620 g/mol. The Kier molecular flexibility index (Phi) is 9.55. The number of hydrogen-bond acceptors (Lipinski definition) is 11. The molecule has 0 saturated carbocycles. The summed E-state index contributed by atoms with van der Waals surface area (Å²) in [5.41, 5.74) is 0.546. The Morgan fingerprint density at radius 2 is 1.33 bits per heavy atom. The highest BCUT2D eigenvalue weighted by Crippen LogP contribution is 2.41. The van der Waals surface area contributed by atoms with E-state index < -0.39 is 72.6 Å². The van der Waals surface area contributed by atoms with E-state index in [2.05, 4.69) is 5.32 Å². The summed E-state index contributed by atoms with van der Waals surface area (Å²) in [5, 5.41) is 2.71. The van der Waals surface area contributed by atoms with Gasteiger partial charge in [-0.3, -0.25) is 4.79 Å². The van der Waals surface area contributed by atoms with E-state index in [1.54, 1.807) is 66.7 Å². The predicted octanol–water partition coefficient (Wildman–Crippen LogP) is 2.86. The van der Waals surface area contributed by atoms with Crippen molar-refractivity contribution in [3.63, 3.8) is 0 Å². The van der Waals surface area contributed by atoms with E-state index in [1.165, 1.54) is 38.3 Å². The molecule has 12 nitrogen and oxygen atoms in total. The quantitative estimate of drug-likeness (QED) is 0.192. The van der Waals surface area contributed by atoms with Crippen LogP contribution >= 0.6 is 0 Å². The van der Waals surface area contributed by atoms with Gasteiger partial charge in [0.25, 0.3) is 5.79 Å². The molecule has 5 rings (SSSR count). The summed E-state index contributed by atoms with van der Waals surface area (Å²) in [6.07, 6.45) is -5.45. The van der Waals surface area contributed by atoms with Crippen molar-refractivity contribution in [2.75, 3.05) is 13.7 Å². The van der Waals surface area contributed by atoms with Crippen molar-refractivity contribution in [2.45, 2.75) is 49.6 Å². The third kappa shape index (κ3) is 7.03. The van der Waals surface area contributed by atoms with Crippen LogP contribution in [0.25, 0.3) is 0 Å². The molecule has 1 amide bonds. The zero-order valence-electron chi connectivity index (χ0n) is 24.5. The molecule has 234 valence electrons. The van der Waals surface area contributed by atoms with E-state index in [9.17, 15) is 24.0 Å². The maximum absolute atomic E-state index is 13.5. The number of methoxy groups -OCH3 is 1. The summed E-state index contributed by atoms with van der Waals surface area (Å²) in [4.78, 5) is 65.1. The number of carbonyl (C=O) groups is 5. The van der Waals surface area contributed by atoms with Gasteiger partial charge in [-0.05, 0) is 36.4 Å². The largest absolute Gasteiger partial charge is 0.458 e. The van der Waals surface area contributed by atoms with Gasteiger partial charge in [0.1, 0.15) is 18.8 Å². The Morgan fingerprint density at radius 3 is 1.84 bits per heavy atom. The van der Waals surface area contributed by atoms with Crippen molar-refractivity contribution < 1.29 is 52.4 Å². The molecular weight excluding hydrogens is 588 g/mol. The number of benzene rings is 3. The summed E-state index contributed by atoms with van der Waals surface area (Å²) in [7, 11) is 1.25. The van der Waals surface area contributed by atoms with E-state index in [1.807, 2.05) is 0 Å². The highest BCUT2D eigenvalue weighted by molar-refractivity contribution is 5.91. The van der Waals surface area contributed by atoms with Crippen LogP contribution in [0.1, 0.15) is 44.4 Å². The van der Waals surface area contributed by atoms with Crippen molar-refractivity contribution in [1.29, 1.82) is 0 Å². The lowest BCUT2D eigenvalue weighted by Crippen LogP contribution is -2.64. The molecule has 0 unspecified atom stereocenters. The van der Waals surface area contributed by atoms with Crippen molar-refractivity contribution >= 4 is 29.8 Å². The number of rotatable bonds is 11. The minimum atomic E-state index is -1.89. The van der Waals surface area contributed by atoms with Crippen LogP contribution in [0.4, 0.5) is 0 Å². The van der Waals surface area contributed by atoms with Crippen LogP contribution in [0.2, 0.25) is 0 Å². The van der Waals surface area contributed by atoms with Gasteiger partial charge in [0.15, 0.2) is 12.2 Å². The van der Waals surface area contributed by atoms with Gasteiger partial charge in [0, 0.05) is 14.0 Å². The summed E-state index contributed by atoms with van der Waals surface area (Å²) in [5.74, 6) is -5.62. The molecule has 2 aliphatic heterocycles. The number of amides is 1. The van der Waals surface area contributed by atoms with Gasteiger partial charge < -0.3 is 33.7 Å². The van der Waals surface area contributed by atoms with Crippen LogP contribution in [0.15, 0.2) is 91.0 Å². The fraction of sp³-hybridized carbons (Fsp3) is 0.303. The molecule has 0 spiro atoms. The normalized spacial score (nSPS) is 23.2. The van der Waals surface area contributed by atoms with E-state index in [0.29, 0.717) is 0 Å². The first-order valence-corrected chi connectivity index (χ1v) is 14.2. The number of esters is 4. The third-order valence-electron chi connectivity index (χ3n) is 7.42. The molecule has 2 aliphatic rings. The van der Waals surface area contributed by atoms with Crippen LogP contribution in [-0.2, 0) is 38.0 Å². The van der Waals surface area contributed by atoms with E-state index in [4.69, 9.17) is 28.4 Å². The second-order valence-electron chi connectivity index (χ2n) is 10.4. The van der Waals surface area contributed by atoms with E-state index in [-0.39, 0.29) is 23.1 Å². The predicted molar refractivity (Wildman–Crippen MR) is 155 cm³/mol. The molecule has 2 bridgehead atoms. The molecule has 0 aromatic heterocycles. The van der Waals surface area contributed by atoms with Gasteiger partial charge in [0.2, 0.25) is 5.91 Å². The second-order valence-corrected chi connectivity index (χ2v) is 10.4. The first-order chi connectivity index (χ1) is 21.7. The summed E-state index contributed by atoms with van der Waals surface area (Å²) in [6, 6.07) is 23.1. The summed E-state index contributed by atoms with van der Waals surface area (Å²) in [6.45, 7) is 0.663. The standard InChI is InChI=1S/C33H31NO11/c1-20(35)34-26-24-18-33(40-2,32(39)43-24)45-28(26)27(44-31(38)23-16-10-5-11-17-23)25(42-30(37)22-14-8-4-9-15-22)19-41-29(36)21-12-6-3-7-13-21/h3-17,24-28H,18-19H2,1-2H3,(H,34,35)/t24-,25+,26+,27+,28+,33-/m0/s1/i32+1,33+1. The van der Waals surface area contributed by atoms with Crippen molar-refractivity contribution in [3.8, 4) is 0 Å². The molecule has 6 atom stereocenters. The first kappa shape index (κ1) is 31.4. The first-order valence-electron chi connectivity index (χ1n) is 14.2. The Labute approximate surface area is 258 Å². The molecule has 3 aromatic carbocycles. The molecule has 0 aliphatic carbocycles. The molecule has 0 radical (unpaired) electrons. The number of fused-ring (bicyclic) bond motifs is 2. The van der Waals surface area contributed by atoms with Gasteiger partial charge in [-0.2, -0.15) is 0 Å². The maximum atomic E-state index is 13.5. The van der Waals surface area contributed by atoms with E-state index >= 15 is 0 Å². The monoisotopic (exact) mass is 619 g/mol. The van der Waals surface area contributed by atoms with E-state index in [0.717, 1.165) is 0 Å². The average Bonchev–Trinajstić information content (AvgIpc) is 3.34. The van der Waals surface area contributed by atoms with Crippen LogP contribution in [0.3, 0.4) is 0 Å². The molecule has 2 heterocycles. The molecule has 3 aromatic rings. The Morgan fingerprint density at radius 1 is 0.822 bits per heavy atom. The lowest BCUT2D eigenvalue weighted by atomic mass is 9.94. The highest BCUT2D eigenvalue weighted by Gasteiger charge is 2.63. The summed E-state index contributed by atoms with van der Waals surface area (Å²) < 4.78 is 34.5. The smallest absolute Gasteiger partial charge is 0.367 e. The fourth-order valence-electron chi connectivity index (χ4n) is 5.23. The molecular formula is C33H31NO11. The Balaban J connectivity index is 1.55. The van der Waals surface area contributed by atoms with Gasteiger partial charge >= 0.3 is 23.9 Å². The fourth-order valence-corrected chi connectivity index (χ4v) is 5.23. The molecule has 1 N–H and O–H groups in total. The topological polar surface area (TPSA) is 153 Å².